The van der Waals surface area contributed by atoms with Crippen LogP contribution >= 0.6 is 0 Å². The zero-order chi connectivity index (χ0) is 15.9. The first-order chi connectivity index (χ1) is 9.85. The molecule has 7 nitrogen and oxygen atoms in total. The van der Waals surface area contributed by atoms with Crippen molar-refractivity contribution >= 4 is 16.2 Å². The number of ether oxygens (including phenoxy) is 1. The Morgan fingerprint density at radius 1 is 1.43 bits per heavy atom. The van der Waals surface area contributed by atoms with E-state index in [0.717, 1.165) is 15.4 Å². The van der Waals surface area contributed by atoms with E-state index >= 15 is 0 Å². The number of aryl methyl sites for hydroxylation is 1. The van der Waals surface area contributed by atoms with E-state index in [2.05, 4.69) is 4.72 Å². The van der Waals surface area contributed by atoms with Crippen LogP contribution in [0.25, 0.3) is 0 Å². The molecule has 8 heteroatoms. The van der Waals surface area contributed by atoms with E-state index in [1.54, 1.807) is 6.07 Å². The number of nitrogens with zero attached hydrogens (tertiary/aromatic N) is 1. The molecular weight excluding hydrogens is 296 g/mol. The lowest BCUT2D eigenvalue weighted by atomic mass is 10.1. The van der Waals surface area contributed by atoms with E-state index in [4.69, 9.17) is 9.84 Å². The molecule has 0 saturated heterocycles. The van der Waals surface area contributed by atoms with Crippen molar-refractivity contribution < 1.29 is 23.1 Å². The van der Waals surface area contributed by atoms with Crippen LogP contribution in [0.5, 0.6) is 0 Å². The van der Waals surface area contributed by atoms with E-state index in [1.807, 2.05) is 25.1 Å². The molecule has 2 N–H and O–H groups in total. The highest BCUT2D eigenvalue weighted by molar-refractivity contribution is 7.87. The molecule has 0 aliphatic heterocycles. The Bertz CT molecular complexity index is 574. The number of carboxylic acid groups (broad SMARTS) is 1. The number of nitrogens with one attached hydrogen (secondary N) is 1. The first-order valence-electron chi connectivity index (χ1n) is 6.36. The molecule has 0 aliphatic carbocycles. The maximum Gasteiger partial charge on any atom is 0.318 e. The number of carbonyl (C=O) groups is 1. The zero-order valence-corrected chi connectivity index (χ0v) is 12.9. The Morgan fingerprint density at radius 2 is 2.14 bits per heavy atom. The fourth-order valence-electron chi connectivity index (χ4n) is 1.72. The van der Waals surface area contributed by atoms with Gasteiger partial charge in [0.15, 0.2) is 0 Å². The van der Waals surface area contributed by atoms with E-state index in [9.17, 15) is 13.2 Å². The summed E-state index contributed by atoms with van der Waals surface area (Å²) in [5.74, 6) is -1.22. The predicted octanol–water partition coefficient (Wildman–Crippen LogP) is 0.362. The topological polar surface area (TPSA) is 95.9 Å². The van der Waals surface area contributed by atoms with Crippen LogP contribution < -0.4 is 4.72 Å². The molecule has 0 aromatic heterocycles. The lowest BCUT2D eigenvalue weighted by molar-refractivity contribution is -0.137. The van der Waals surface area contributed by atoms with E-state index in [0.29, 0.717) is 0 Å². The maximum absolute atomic E-state index is 12.1. The third-order valence-electron chi connectivity index (χ3n) is 2.74. The standard InChI is InChI=1S/C13H20N2O5S/c1-11-4-3-5-12(8-11)9-14-21(18,19)15(6-7-20-2)10-13(16)17/h3-5,8,14H,6-7,9-10H2,1-2H3,(H,16,17). The summed E-state index contributed by atoms with van der Waals surface area (Å²) < 4.78 is 32.3. The van der Waals surface area contributed by atoms with Gasteiger partial charge in [-0.25, -0.2) is 0 Å². The fourth-order valence-corrected chi connectivity index (χ4v) is 2.84. The summed E-state index contributed by atoms with van der Waals surface area (Å²) in [6.07, 6.45) is 0. The lowest BCUT2D eigenvalue weighted by Gasteiger charge is -2.20. The summed E-state index contributed by atoms with van der Waals surface area (Å²) in [4.78, 5) is 10.8. The molecule has 118 valence electrons. The van der Waals surface area contributed by atoms with Crippen LogP contribution in [0.3, 0.4) is 0 Å². The molecular formula is C13H20N2O5S. The summed E-state index contributed by atoms with van der Waals surface area (Å²) in [5.41, 5.74) is 1.83. The number of hydrogen-bond acceptors (Lipinski definition) is 4. The third kappa shape index (κ3) is 6.21. The highest BCUT2D eigenvalue weighted by Crippen LogP contribution is 2.05. The van der Waals surface area contributed by atoms with Crippen LogP contribution in [0.15, 0.2) is 24.3 Å². The van der Waals surface area contributed by atoms with Gasteiger partial charge in [0, 0.05) is 20.2 Å². The molecule has 0 unspecified atom stereocenters. The molecule has 0 bridgehead atoms. The number of hydrogen-bond donors (Lipinski definition) is 2. The summed E-state index contributed by atoms with van der Waals surface area (Å²) in [6, 6.07) is 7.40. The first kappa shape index (κ1) is 17.6. The summed E-state index contributed by atoms with van der Waals surface area (Å²) in [5, 5.41) is 8.79. The molecule has 0 atom stereocenters. The Balaban J connectivity index is 2.73. The molecule has 1 aromatic rings. The third-order valence-corrected chi connectivity index (χ3v) is 4.24. The molecule has 0 amide bonds. The normalized spacial score (nSPS) is 11.8. The maximum atomic E-state index is 12.1. The number of carboxylic acids is 1. The van der Waals surface area contributed by atoms with Crippen molar-refractivity contribution in [2.45, 2.75) is 13.5 Å². The van der Waals surface area contributed by atoms with Crippen LogP contribution in [0, 0.1) is 6.92 Å². The van der Waals surface area contributed by atoms with Gasteiger partial charge in [-0.15, -0.1) is 0 Å². The van der Waals surface area contributed by atoms with Gasteiger partial charge in [0.25, 0.3) is 10.2 Å². The van der Waals surface area contributed by atoms with E-state index < -0.39 is 22.7 Å². The molecule has 0 fully saturated rings. The van der Waals surface area contributed by atoms with Crippen molar-refractivity contribution in [1.82, 2.24) is 9.03 Å². The highest BCUT2D eigenvalue weighted by atomic mass is 32.2. The van der Waals surface area contributed by atoms with Crippen LogP contribution in [-0.2, 0) is 26.3 Å². The van der Waals surface area contributed by atoms with Crippen molar-refractivity contribution in [2.24, 2.45) is 0 Å². The van der Waals surface area contributed by atoms with Gasteiger partial charge in [0.2, 0.25) is 0 Å². The van der Waals surface area contributed by atoms with Crippen molar-refractivity contribution in [2.75, 3.05) is 26.8 Å². The Labute approximate surface area is 124 Å². The van der Waals surface area contributed by atoms with E-state index in [-0.39, 0.29) is 19.7 Å². The monoisotopic (exact) mass is 316 g/mol. The second kappa shape index (κ2) is 8.08. The number of methoxy groups -OCH3 is 1. The number of benzene rings is 1. The van der Waals surface area contributed by atoms with Gasteiger partial charge in [-0.2, -0.15) is 17.4 Å². The van der Waals surface area contributed by atoms with Gasteiger partial charge in [0.1, 0.15) is 6.54 Å². The van der Waals surface area contributed by atoms with Gasteiger partial charge in [0.05, 0.1) is 6.61 Å². The molecule has 0 radical (unpaired) electrons. The molecule has 1 aromatic carbocycles. The minimum absolute atomic E-state index is 0.0219. The smallest absolute Gasteiger partial charge is 0.318 e. The van der Waals surface area contributed by atoms with Gasteiger partial charge >= 0.3 is 5.97 Å². The fraction of sp³-hybridized carbons (Fsp3) is 0.462. The number of aliphatic carboxylic acids is 1. The minimum atomic E-state index is -3.88. The summed E-state index contributed by atoms with van der Waals surface area (Å²) in [6.45, 7) is 1.51. The molecule has 0 aliphatic rings. The van der Waals surface area contributed by atoms with Gasteiger partial charge in [-0.05, 0) is 12.5 Å². The molecule has 0 saturated carbocycles. The first-order valence-corrected chi connectivity index (χ1v) is 7.80. The van der Waals surface area contributed by atoms with Crippen LogP contribution in [0.1, 0.15) is 11.1 Å². The summed E-state index contributed by atoms with van der Waals surface area (Å²) >= 11 is 0. The minimum Gasteiger partial charge on any atom is -0.480 e. The van der Waals surface area contributed by atoms with Crippen molar-refractivity contribution in [1.29, 1.82) is 0 Å². The molecule has 21 heavy (non-hydrogen) atoms. The summed E-state index contributed by atoms with van der Waals surface area (Å²) in [7, 11) is -2.46. The quantitative estimate of drug-likeness (QED) is 0.686. The van der Waals surface area contributed by atoms with Crippen molar-refractivity contribution in [3.63, 3.8) is 0 Å². The molecule has 1 rings (SSSR count). The van der Waals surface area contributed by atoms with Gasteiger partial charge in [-0.1, -0.05) is 29.8 Å². The number of rotatable bonds is 9. The van der Waals surface area contributed by atoms with E-state index in [1.165, 1.54) is 7.11 Å². The Morgan fingerprint density at radius 3 is 2.71 bits per heavy atom. The van der Waals surface area contributed by atoms with Gasteiger partial charge < -0.3 is 9.84 Å². The largest absolute Gasteiger partial charge is 0.480 e. The average molecular weight is 316 g/mol. The average Bonchev–Trinajstić information content (AvgIpc) is 2.41. The molecule has 0 spiro atoms. The highest BCUT2D eigenvalue weighted by Gasteiger charge is 2.23. The molecule has 0 heterocycles. The Kier molecular flexibility index (Phi) is 6.76. The second-order valence-electron chi connectivity index (χ2n) is 4.54. The van der Waals surface area contributed by atoms with Crippen molar-refractivity contribution in [3.8, 4) is 0 Å². The SMILES string of the molecule is COCCN(CC(=O)O)S(=O)(=O)NCc1cccc(C)c1. The predicted molar refractivity (Wildman–Crippen MR) is 78.0 cm³/mol. The Hall–Kier alpha value is -1.48. The lowest BCUT2D eigenvalue weighted by Crippen LogP contribution is -2.44. The van der Waals surface area contributed by atoms with Crippen LogP contribution in [0.4, 0.5) is 0 Å². The zero-order valence-electron chi connectivity index (χ0n) is 12.1. The van der Waals surface area contributed by atoms with Crippen LogP contribution in [0.2, 0.25) is 0 Å². The van der Waals surface area contributed by atoms with Gasteiger partial charge in [-0.3, -0.25) is 4.79 Å². The second-order valence-corrected chi connectivity index (χ2v) is 6.29. The van der Waals surface area contributed by atoms with Crippen molar-refractivity contribution in [3.05, 3.63) is 35.4 Å². The van der Waals surface area contributed by atoms with Crippen LogP contribution in [-0.4, -0.2) is 50.6 Å².